The van der Waals surface area contributed by atoms with Crippen molar-refractivity contribution >= 4 is 22.2 Å². The van der Waals surface area contributed by atoms with Crippen LogP contribution in [-0.2, 0) is 0 Å². The molecule has 1 saturated heterocycles. The molecule has 19 heavy (non-hydrogen) atoms. The molecule has 1 aliphatic rings. The second-order valence-corrected chi connectivity index (χ2v) is 5.88. The van der Waals surface area contributed by atoms with Crippen LogP contribution in [0.5, 0.6) is 0 Å². The van der Waals surface area contributed by atoms with Crippen LogP contribution in [0.4, 0.5) is 10.8 Å². The molecule has 0 spiro atoms. The zero-order chi connectivity index (χ0) is 13.1. The number of hydrogen-bond acceptors (Lipinski definition) is 4. The van der Waals surface area contributed by atoms with Crippen LogP contribution in [-0.4, -0.2) is 18.1 Å². The predicted octanol–water partition coefficient (Wildman–Crippen LogP) is 3.77. The van der Waals surface area contributed by atoms with Crippen molar-refractivity contribution in [2.24, 2.45) is 0 Å². The van der Waals surface area contributed by atoms with Gasteiger partial charge in [-0.1, -0.05) is 25.0 Å². The van der Waals surface area contributed by atoms with E-state index in [1.165, 1.54) is 25.7 Å². The smallest absolute Gasteiger partial charge is 0.185 e. The van der Waals surface area contributed by atoms with Gasteiger partial charge in [-0.2, -0.15) is 0 Å². The normalized spacial score (nSPS) is 16.3. The van der Waals surface area contributed by atoms with Gasteiger partial charge in [0, 0.05) is 29.7 Å². The summed E-state index contributed by atoms with van der Waals surface area (Å²) in [5.41, 5.74) is 8.72. The Morgan fingerprint density at radius 2 is 1.68 bits per heavy atom. The SMILES string of the molecule is Nc1ccc(-c2csc(N3CCCCCC3)n2)cc1. The summed E-state index contributed by atoms with van der Waals surface area (Å²) in [7, 11) is 0. The van der Waals surface area contributed by atoms with Crippen LogP contribution < -0.4 is 10.6 Å². The van der Waals surface area contributed by atoms with E-state index >= 15 is 0 Å². The first-order chi connectivity index (χ1) is 9.33. The lowest BCUT2D eigenvalue weighted by atomic mass is 10.1. The van der Waals surface area contributed by atoms with Crippen LogP contribution in [0.3, 0.4) is 0 Å². The third-order valence-electron chi connectivity index (χ3n) is 3.58. The molecule has 0 radical (unpaired) electrons. The maximum atomic E-state index is 5.72. The van der Waals surface area contributed by atoms with E-state index in [9.17, 15) is 0 Å². The van der Waals surface area contributed by atoms with Crippen LogP contribution >= 0.6 is 11.3 Å². The van der Waals surface area contributed by atoms with Gasteiger partial charge in [-0.25, -0.2) is 4.98 Å². The highest BCUT2D eigenvalue weighted by atomic mass is 32.1. The molecule has 2 heterocycles. The Morgan fingerprint density at radius 3 is 2.37 bits per heavy atom. The Morgan fingerprint density at radius 1 is 1.00 bits per heavy atom. The molecule has 3 rings (SSSR count). The number of thiazole rings is 1. The lowest BCUT2D eigenvalue weighted by molar-refractivity contribution is 0.726. The molecule has 0 bridgehead atoms. The third-order valence-corrected chi connectivity index (χ3v) is 4.48. The maximum Gasteiger partial charge on any atom is 0.185 e. The quantitative estimate of drug-likeness (QED) is 0.847. The summed E-state index contributed by atoms with van der Waals surface area (Å²) in [5, 5.41) is 3.31. The fourth-order valence-electron chi connectivity index (χ4n) is 2.46. The fraction of sp³-hybridized carbons (Fsp3) is 0.400. The summed E-state index contributed by atoms with van der Waals surface area (Å²) in [5.74, 6) is 0. The minimum absolute atomic E-state index is 0.798. The van der Waals surface area contributed by atoms with Gasteiger partial charge in [-0.3, -0.25) is 0 Å². The number of nitrogens with two attached hydrogens (primary N) is 1. The highest BCUT2D eigenvalue weighted by Crippen LogP contribution is 2.29. The number of benzene rings is 1. The molecular formula is C15H19N3S. The molecule has 0 amide bonds. The first-order valence-corrected chi connectivity index (χ1v) is 7.77. The summed E-state index contributed by atoms with van der Waals surface area (Å²) in [6, 6.07) is 7.94. The zero-order valence-electron chi connectivity index (χ0n) is 11.0. The van der Waals surface area contributed by atoms with E-state index in [1.54, 1.807) is 11.3 Å². The average Bonchev–Trinajstić information content (AvgIpc) is 2.76. The molecule has 100 valence electrons. The van der Waals surface area contributed by atoms with Gasteiger partial charge < -0.3 is 10.6 Å². The zero-order valence-corrected chi connectivity index (χ0v) is 11.8. The van der Waals surface area contributed by atoms with Crippen molar-refractivity contribution in [2.75, 3.05) is 23.7 Å². The van der Waals surface area contributed by atoms with Crippen LogP contribution in [0.2, 0.25) is 0 Å². The molecule has 0 aliphatic carbocycles. The first-order valence-electron chi connectivity index (χ1n) is 6.89. The van der Waals surface area contributed by atoms with Crippen LogP contribution in [0.15, 0.2) is 29.6 Å². The van der Waals surface area contributed by atoms with Gasteiger partial charge >= 0.3 is 0 Å². The predicted molar refractivity (Wildman–Crippen MR) is 82.6 cm³/mol. The minimum atomic E-state index is 0.798. The van der Waals surface area contributed by atoms with Gasteiger partial charge in [0.05, 0.1) is 5.69 Å². The molecule has 1 aliphatic heterocycles. The van der Waals surface area contributed by atoms with E-state index in [2.05, 4.69) is 10.3 Å². The summed E-state index contributed by atoms with van der Waals surface area (Å²) in [4.78, 5) is 7.21. The largest absolute Gasteiger partial charge is 0.399 e. The number of nitrogen functional groups attached to an aromatic ring is 1. The lowest BCUT2D eigenvalue weighted by Gasteiger charge is -2.18. The van der Waals surface area contributed by atoms with Crippen LogP contribution in [0.25, 0.3) is 11.3 Å². The van der Waals surface area contributed by atoms with Gasteiger partial charge in [0.1, 0.15) is 0 Å². The monoisotopic (exact) mass is 273 g/mol. The summed E-state index contributed by atoms with van der Waals surface area (Å²) >= 11 is 1.75. The molecular weight excluding hydrogens is 254 g/mol. The van der Waals surface area contributed by atoms with E-state index < -0.39 is 0 Å². The topological polar surface area (TPSA) is 42.1 Å². The minimum Gasteiger partial charge on any atom is -0.399 e. The van der Waals surface area contributed by atoms with Crippen molar-refractivity contribution in [1.29, 1.82) is 0 Å². The van der Waals surface area contributed by atoms with Gasteiger partial charge in [0.2, 0.25) is 0 Å². The van der Waals surface area contributed by atoms with Crippen molar-refractivity contribution < 1.29 is 0 Å². The van der Waals surface area contributed by atoms with Crippen LogP contribution in [0, 0.1) is 0 Å². The maximum absolute atomic E-state index is 5.72. The molecule has 3 nitrogen and oxygen atoms in total. The van der Waals surface area contributed by atoms with Gasteiger partial charge in [-0.05, 0) is 25.0 Å². The number of hydrogen-bond donors (Lipinski definition) is 1. The van der Waals surface area contributed by atoms with Crippen molar-refractivity contribution in [1.82, 2.24) is 4.98 Å². The summed E-state index contributed by atoms with van der Waals surface area (Å²) < 4.78 is 0. The van der Waals surface area contributed by atoms with E-state index in [0.717, 1.165) is 35.2 Å². The number of nitrogens with zero attached hydrogens (tertiary/aromatic N) is 2. The Kier molecular flexibility index (Phi) is 3.69. The highest BCUT2D eigenvalue weighted by molar-refractivity contribution is 7.14. The second kappa shape index (κ2) is 5.61. The van der Waals surface area contributed by atoms with E-state index in [-0.39, 0.29) is 0 Å². The van der Waals surface area contributed by atoms with E-state index in [4.69, 9.17) is 10.7 Å². The molecule has 0 unspecified atom stereocenters. The van der Waals surface area contributed by atoms with Crippen LogP contribution in [0.1, 0.15) is 25.7 Å². The Labute approximate surface area is 118 Å². The third kappa shape index (κ3) is 2.89. The molecule has 1 fully saturated rings. The summed E-state index contributed by atoms with van der Waals surface area (Å²) in [6.07, 6.45) is 5.28. The lowest BCUT2D eigenvalue weighted by Crippen LogP contribution is -2.23. The molecule has 2 N–H and O–H groups in total. The van der Waals surface area contributed by atoms with Gasteiger partial charge in [0.25, 0.3) is 0 Å². The van der Waals surface area contributed by atoms with Crippen molar-refractivity contribution in [3.8, 4) is 11.3 Å². The van der Waals surface area contributed by atoms with Crippen molar-refractivity contribution in [3.05, 3.63) is 29.6 Å². The molecule has 1 aromatic carbocycles. The molecule has 1 aromatic heterocycles. The second-order valence-electron chi connectivity index (χ2n) is 5.04. The number of anilines is 2. The van der Waals surface area contributed by atoms with Crippen molar-refractivity contribution in [3.63, 3.8) is 0 Å². The van der Waals surface area contributed by atoms with Gasteiger partial charge in [0.15, 0.2) is 5.13 Å². The average molecular weight is 273 g/mol. The molecule has 4 heteroatoms. The van der Waals surface area contributed by atoms with Crippen molar-refractivity contribution in [2.45, 2.75) is 25.7 Å². The Balaban J connectivity index is 1.80. The molecule has 2 aromatic rings. The fourth-order valence-corrected chi connectivity index (χ4v) is 3.35. The highest BCUT2D eigenvalue weighted by Gasteiger charge is 2.13. The first kappa shape index (κ1) is 12.5. The van der Waals surface area contributed by atoms with Gasteiger partial charge in [-0.15, -0.1) is 11.3 Å². The Bertz CT molecular complexity index is 525. The Hall–Kier alpha value is -1.55. The summed E-state index contributed by atoms with van der Waals surface area (Å²) in [6.45, 7) is 2.30. The standard InChI is InChI=1S/C15H19N3S/c16-13-7-5-12(6-8-13)14-11-19-15(17-14)18-9-3-1-2-4-10-18/h5-8,11H,1-4,9-10,16H2. The molecule has 0 atom stereocenters. The van der Waals surface area contributed by atoms with E-state index in [1.807, 2.05) is 24.3 Å². The van der Waals surface area contributed by atoms with E-state index in [0.29, 0.717) is 0 Å². The number of rotatable bonds is 2. The number of aromatic nitrogens is 1. The molecule has 0 saturated carbocycles.